The van der Waals surface area contributed by atoms with E-state index in [4.69, 9.17) is 0 Å². The number of rotatable bonds is 5. The summed E-state index contributed by atoms with van der Waals surface area (Å²) in [6.45, 7) is 11.8. The van der Waals surface area contributed by atoms with Crippen molar-refractivity contribution >= 4 is 11.6 Å². The lowest BCUT2D eigenvalue weighted by molar-refractivity contribution is 0.102. The van der Waals surface area contributed by atoms with Gasteiger partial charge in [0.2, 0.25) is 0 Å². The molecule has 2 aromatic rings. The summed E-state index contributed by atoms with van der Waals surface area (Å²) in [4.78, 5) is 12.6. The number of para-hydroxylation sites is 1. The summed E-state index contributed by atoms with van der Waals surface area (Å²) >= 11 is 0. The molecule has 0 saturated carbocycles. The molecule has 0 radical (unpaired) electrons. The third-order valence-electron chi connectivity index (χ3n) is 3.72. The molecule has 0 atom stereocenters. The molecule has 124 valence electrons. The van der Waals surface area contributed by atoms with Crippen LogP contribution in [0.1, 0.15) is 49.3 Å². The normalized spacial score (nSPS) is 11.5. The smallest absolute Gasteiger partial charge is 0.259 e. The maximum absolute atomic E-state index is 12.6. The van der Waals surface area contributed by atoms with Crippen LogP contribution in [0.25, 0.3) is 0 Å². The second-order valence-electron chi connectivity index (χ2n) is 6.62. The fraction of sp³-hybridized carbons (Fsp3) is 0.444. The Bertz CT molecular complexity index is 683. The van der Waals surface area contributed by atoms with Crippen molar-refractivity contribution in [2.75, 3.05) is 11.9 Å². The molecule has 0 saturated heterocycles. The standard InChI is InChI=1S/C18H26N4O/c1-6-19-11-14-9-7-8-10-16(14)21-17(23)15-12-20-22(13(15)2)18(3,4)5/h7-10,12,19H,6,11H2,1-5H3,(H,21,23). The van der Waals surface area contributed by atoms with E-state index >= 15 is 0 Å². The lowest BCUT2D eigenvalue weighted by Crippen LogP contribution is -2.25. The average Bonchev–Trinajstić information content (AvgIpc) is 2.88. The molecule has 5 nitrogen and oxygen atoms in total. The molecule has 1 aromatic carbocycles. The Morgan fingerprint density at radius 2 is 1.96 bits per heavy atom. The largest absolute Gasteiger partial charge is 0.322 e. The quantitative estimate of drug-likeness (QED) is 0.890. The number of hydrogen-bond acceptors (Lipinski definition) is 3. The molecule has 0 aliphatic rings. The molecule has 0 fully saturated rings. The van der Waals surface area contributed by atoms with Crippen LogP contribution in [0.15, 0.2) is 30.5 Å². The third-order valence-corrected chi connectivity index (χ3v) is 3.72. The molecule has 0 spiro atoms. The Morgan fingerprint density at radius 1 is 1.26 bits per heavy atom. The number of anilines is 1. The topological polar surface area (TPSA) is 58.9 Å². The Hall–Kier alpha value is -2.14. The van der Waals surface area contributed by atoms with E-state index in [-0.39, 0.29) is 11.4 Å². The van der Waals surface area contributed by atoms with Crippen molar-refractivity contribution in [2.24, 2.45) is 0 Å². The fourth-order valence-corrected chi connectivity index (χ4v) is 2.55. The molecule has 2 rings (SSSR count). The van der Waals surface area contributed by atoms with Crippen LogP contribution in [0, 0.1) is 6.92 Å². The van der Waals surface area contributed by atoms with Crippen molar-refractivity contribution < 1.29 is 4.79 Å². The van der Waals surface area contributed by atoms with Gasteiger partial charge in [-0.2, -0.15) is 5.10 Å². The second-order valence-corrected chi connectivity index (χ2v) is 6.62. The van der Waals surface area contributed by atoms with E-state index in [0.29, 0.717) is 5.56 Å². The lowest BCUT2D eigenvalue weighted by atomic mass is 10.1. The van der Waals surface area contributed by atoms with Gasteiger partial charge in [0.05, 0.1) is 17.3 Å². The number of carbonyl (C=O) groups is 1. The zero-order valence-corrected chi connectivity index (χ0v) is 14.6. The van der Waals surface area contributed by atoms with Gasteiger partial charge >= 0.3 is 0 Å². The van der Waals surface area contributed by atoms with Crippen LogP contribution < -0.4 is 10.6 Å². The zero-order chi connectivity index (χ0) is 17.0. The van der Waals surface area contributed by atoms with Crippen LogP contribution in [-0.2, 0) is 12.1 Å². The lowest BCUT2D eigenvalue weighted by Gasteiger charge is -2.21. The first-order valence-electron chi connectivity index (χ1n) is 7.99. The van der Waals surface area contributed by atoms with Gasteiger partial charge in [-0.1, -0.05) is 25.1 Å². The molecule has 2 N–H and O–H groups in total. The van der Waals surface area contributed by atoms with E-state index in [1.165, 1.54) is 0 Å². The number of hydrogen-bond donors (Lipinski definition) is 2. The van der Waals surface area contributed by atoms with Gasteiger partial charge in [-0.15, -0.1) is 0 Å². The van der Waals surface area contributed by atoms with Gasteiger partial charge in [0, 0.05) is 17.9 Å². The van der Waals surface area contributed by atoms with E-state index < -0.39 is 0 Å². The Labute approximate surface area is 138 Å². The first-order chi connectivity index (χ1) is 10.8. The van der Waals surface area contributed by atoms with E-state index in [2.05, 4.69) is 43.4 Å². The van der Waals surface area contributed by atoms with Crippen LogP contribution in [0.3, 0.4) is 0 Å². The van der Waals surface area contributed by atoms with Crippen LogP contribution >= 0.6 is 0 Å². The summed E-state index contributed by atoms with van der Waals surface area (Å²) < 4.78 is 1.88. The number of benzene rings is 1. The number of amides is 1. The molecule has 5 heteroatoms. The Morgan fingerprint density at radius 3 is 2.57 bits per heavy atom. The molecular formula is C18H26N4O. The summed E-state index contributed by atoms with van der Waals surface area (Å²) in [7, 11) is 0. The summed E-state index contributed by atoms with van der Waals surface area (Å²) in [6.07, 6.45) is 1.64. The van der Waals surface area contributed by atoms with E-state index in [9.17, 15) is 4.79 Å². The van der Waals surface area contributed by atoms with Crippen LogP contribution in [-0.4, -0.2) is 22.2 Å². The summed E-state index contributed by atoms with van der Waals surface area (Å²) in [5, 5.41) is 10.7. The van der Waals surface area contributed by atoms with Crippen LogP contribution in [0.2, 0.25) is 0 Å². The molecule has 0 unspecified atom stereocenters. The highest BCUT2D eigenvalue weighted by Gasteiger charge is 2.21. The van der Waals surface area contributed by atoms with Gasteiger partial charge in [-0.25, -0.2) is 0 Å². The molecule has 0 aliphatic carbocycles. The van der Waals surface area contributed by atoms with Gasteiger partial charge in [0.25, 0.3) is 5.91 Å². The predicted molar refractivity (Wildman–Crippen MR) is 93.7 cm³/mol. The highest BCUT2D eigenvalue weighted by Crippen LogP contribution is 2.20. The molecule has 23 heavy (non-hydrogen) atoms. The van der Waals surface area contributed by atoms with Crippen LogP contribution in [0.4, 0.5) is 5.69 Å². The maximum atomic E-state index is 12.6. The van der Waals surface area contributed by atoms with Crippen molar-refractivity contribution in [1.29, 1.82) is 0 Å². The van der Waals surface area contributed by atoms with Crippen molar-refractivity contribution in [3.63, 3.8) is 0 Å². The van der Waals surface area contributed by atoms with E-state index in [1.54, 1.807) is 6.20 Å². The molecule has 0 aliphatic heterocycles. The van der Waals surface area contributed by atoms with Crippen molar-refractivity contribution in [1.82, 2.24) is 15.1 Å². The zero-order valence-electron chi connectivity index (χ0n) is 14.6. The average molecular weight is 314 g/mol. The van der Waals surface area contributed by atoms with Crippen molar-refractivity contribution in [2.45, 2.75) is 46.7 Å². The van der Waals surface area contributed by atoms with E-state index in [0.717, 1.165) is 30.0 Å². The van der Waals surface area contributed by atoms with Gasteiger partial charge in [-0.3, -0.25) is 9.48 Å². The number of carbonyl (C=O) groups excluding carboxylic acids is 1. The van der Waals surface area contributed by atoms with Crippen molar-refractivity contribution in [3.05, 3.63) is 47.3 Å². The highest BCUT2D eigenvalue weighted by molar-refractivity contribution is 6.05. The van der Waals surface area contributed by atoms with E-state index in [1.807, 2.05) is 35.9 Å². The Balaban J connectivity index is 2.22. The van der Waals surface area contributed by atoms with Gasteiger partial charge < -0.3 is 10.6 Å². The summed E-state index contributed by atoms with van der Waals surface area (Å²) in [5.74, 6) is -0.123. The first kappa shape index (κ1) is 17.2. The molecule has 0 bridgehead atoms. The second kappa shape index (κ2) is 6.96. The summed E-state index contributed by atoms with van der Waals surface area (Å²) in [6, 6.07) is 7.85. The molecule has 1 heterocycles. The monoisotopic (exact) mass is 314 g/mol. The van der Waals surface area contributed by atoms with Crippen molar-refractivity contribution in [3.8, 4) is 0 Å². The van der Waals surface area contributed by atoms with Gasteiger partial charge in [0.15, 0.2) is 0 Å². The number of aromatic nitrogens is 2. The summed E-state index contributed by atoms with van der Waals surface area (Å²) in [5.41, 5.74) is 3.24. The maximum Gasteiger partial charge on any atom is 0.259 e. The molecule has 1 amide bonds. The number of nitrogens with zero attached hydrogens (tertiary/aromatic N) is 2. The Kier molecular flexibility index (Phi) is 5.21. The third kappa shape index (κ3) is 3.99. The predicted octanol–water partition coefficient (Wildman–Crippen LogP) is 3.31. The molecular weight excluding hydrogens is 288 g/mol. The minimum atomic E-state index is -0.147. The minimum Gasteiger partial charge on any atom is -0.322 e. The first-order valence-corrected chi connectivity index (χ1v) is 7.99. The SMILES string of the molecule is CCNCc1ccccc1NC(=O)c1cnn(C(C)(C)C)c1C. The fourth-order valence-electron chi connectivity index (χ4n) is 2.55. The molecule has 1 aromatic heterocycles. The number of nitrogens with one attached hydrogen (secondary N) is 2. The highest BCUT2D eigenvalue weighted by atomic mass is 16.1. The van der Waals surface area contributed by atoms with Crippen LogP contribution in [0.5, 0.6) is 0 Å². The van der Waals surface area contributed by atoms with Gasteiger partial charge in [-0.05, 0) is 45.9 Å². The minimum absolute atomic E-state index is 0.123. The van der Waals surface area contributed by atoms with Gasteiger partial charge in [0.1, 0.15) is 0 Å².